The molecule has 0 saturated carbocycles. The number of hydrogen-bond donors (Lipinski definition) is 2. The third-order valence-electron chi connectivity index (χ3n) is 3.62. The summed E-state index contributed by atoms with van der Waals surface area (Å²) >= 11 is 0. The summed E-state index contributed by atoms with van der Waals surface area (Å²) in [5.41, 5.74) is 4.00. The number of fused-ring (bicyclic) bond motifs is 3. The number of H-pyrrole nitrogens is 1. The molecule has 2 aromatic rings. The Balaban J connectivity index is 2.10. The van der Waals surface area contributed by atoms with Gasteiger partial charge in [-0.1, -0.05) is 0 Å². The number of hydrogen-bond acceptors (Lipinski definition) is 2. The van der Waals surface area contributed by atoms with Gasteiger partial charge >= 0.3 is 0 Å². The maximum Gasteiger partial charge on any atom is 0.123 e. The molecule has 1 aromatic heterocycles. The number of ether oxygens (including phenoxy) is 1. The molecule has 3 heteroatoms. The number of aromatic nitrogens is 1. The summed E-state index contributed by atoms with van der Waals surface area (Å²) in [4.78, 5) is 3.36. The van der Waals surface area contributed by atoms with E-state index < -0.39 is 0 Å². The monoisotopic (exact) mass is 230 g/mol. The van der Waals surface area contributed by atoms with Crippen molar-refractivity contribution in [1.29, 1.82) is 0 Å². The second-order valence-corrected chi connectivity index (χ2v) is 4.77. The lowest BCUT2D eigenvalue weighted by Gasteiger charge is -2.09. The molecular weight excluding hydrogens is 212 g/mol. The van der Waals surface area contributed by atoms with Gasteiger partial charge in [0.05, 0.1) is 6.61 Å². The second kappa shape index (κ2) is 4.08. The van der Waals surface area contributed by atoms with E-state index in [-0.39, 0.29) is 0 Å². The zero-order valence-corrected chi connectivity index (χ0v) is 10.3. The van der Waals surface area contributed by atoms with Crippen LogP contribution in [0.15, 0.2) is 18.3 Å². The highest BCUT2D eigenvalue weighted by Gasteiger charge is 2.18. The van der Waals surface area contributed by atoms with Crippen molar-refractivity contribution in [2.24, 2.45) is 0 Å². The van der Waals surface area contributed by atoms with E-state index in [4.69, 9.17) is 4.74 Å². The largest absolute Gasteiger partial charge is 0.493 e. The van der Waals surface area contributed by atoms with Crippen LogP contribution in [-0.4, -0.2) is 24.7 Å². The molecule has 0 spiro atoms. The summed E-state index contributed by atoms with van der Waals surface area (Å²) in [6, 6.07) is 4.69. The van der Waals surface area contributed by atoms with E-state index in [1.54, 1.807) is 0 Å². The maximum absolute atomic E-state index is 5.63. The predicted octanol–water partition coefficient (Wildman–Crippen LogP) is 2.25. The summed E-state index contributed by atoms with van der Waals surface area (Å²) in [5, 5.41) is 4.67. The molecule has 1 aliphatic heterocycles. The summed E-state index contributed by atoms with van der Waals surface area (Å²) in [5.74, 6) is 1.07. The fourth-order valence-corrected chi connectivity index (χ4v) is 2.59. The van der Waals surface area contributed by atoms with Crippen molar-refractivity contribution in [3.63, 3.8) is 0 Å². The molecule has 0 radical (unpaired) electrons. The lowest BCUT2D eigenvalue weighted by Crippen LogP contribution is -2.23. The van der Waals surface area contributed by atoms with Crippen molar-refractivity contribution in [3.05, 3.63) is 29.5 Å². The average Bonchev–Trinajstić information content (AvgIpc) is 2.94. The van der Waals surface area contributed by atoms with Gasteiger partial charge in [-0.15, -0.1) is 0 Å². The van der Waals surface area contributed by atoms with Crippen LogP contribution in [0.1, 0.15) is 18.1 Å². The van der Waals surface area contributed by atoms with E-state index in [1.807, 2.05) is 7.05 Å². The Morgan fingerprint density at radius 3 is 3.18 bits per heavy atom. The molecule has 0 bridgehead atoms. The van der Waals surface area contributed by atoms with Crippen LogP contribution in [0.3, 0.4) is 0 Å². The van der Waals surface area contributed by atoms with Gasteiger partial charge in [-0.25, -0.2) is 0 Å². The van der Waals surface area contributed by atoms with E-state index in [0.717, 1.165) is 25.2 Å². The van der Waals surface area contributed by atoms with Crippen LogP contribution < -0.4 is 10.1 Å². The van der Waals surface area contributed by atoms with Crippen LogP contribution in [0.4, 0.5) is 0 Å². The fraction of sp³-hybridized carbons (Fsp3) is 0.429. The van der Waals surface area contributed by atoms with Crippen molar-refractivity contribution in [1.82, 2.24) is 10.3 Å². The molecule has 2 N–H and O–H groups in total. The molecule has 17 heavy (non-hydrogen) atoms. The highest BCUT2D eigenvalue weighted by molar-refractivity contribution is 5.89. The molecule has 0 fully saturated rings. The molecule has 0 saturated heterocycles. The normalized spacial score (nSPS) is 15.9. The predicted molar refractivity (Wildman–Crippen MR) is 69.7 cm³/mol. The van der Waals surface area contributed by atoms with E-state index in [9.17, 15) is 0 Å². The van der Waals surface area contributed by atoms with Crippen LogP contribution in [0, 0.1) is 0 Å². The first-order valence-corrected chi connectivity index (χ1v) is 6.21. The van der Waals surface area contributed by atoms with Crippen molar-refractivity contribution in [3.8, 4) is 5.75 Å². The van der Waals surface area contributed by atoms with Crippen LogP contribution in [0.25, 0.3) is 10.9 Å². The molecular formula is C14H18N2O. The Kier molecular flexibility index (Phi) is 2.56. The van der Waals surface area contributed by atoms with Crippen LogP contribution in [0.2, 0.25) is 0 Å². The number of rotatable bonds is 3. The van der Waals surface area contributed by atoms with Gasteiger partial charge in [0.1, 0.15) is 5.75 Å². The van der Waals surface area contributed by atoms with Gasteiger partial charge in [0, 0.05) is 35.1 Å². The molecule has 1 aromatic carbocycles. The standard InChI is InChI=1S/C14H18N2O/c1-9(15-2)7-10-8-16-12-3-4-13-11(14(10)12)5-6-17-13/h3-4,8-9,15-16H,5-7H2,1-2H3. The van der Waals surface area contributed by atoms with Crippen molar-refractivity contribution in [2.75, 3.05) is 13.7 Å². The summed E-state index contributed by atoms with van der Waals surface area (Å²) < 4.78 is 5.63. The molecule has 1 unspecified atom stereocenters. The average molecular weight is 230 g/mol. The first kappa shape index (κ1) is 10.7. The lowest BCUT2D eigenvalue weighted by atomic mass is 10.0. The Morgan fingerprint density at radius 1 is 1.47 bits per heavy atom. The first-order valence-electron chi connectivity index (χ1n) is 6.21. The molecule has 1 atom stereocenters. The zero-order chi connectivity index (χ0) is 11.8. The quantitative estimate of drug-likeness (QED) is 0.848. The van der Waals surface area contributed by atoms with Crippen molar-refractivity contribution in [2.45, 2.75) is 25.8 Å². The molecule has 90 valence electrons. The maximum atomic E-state index is 5.63. The SMILES string of the molecule is CNC(C)Cc1c[nH]c2ccc3c(c12)CCO3. The van der Waals surface area contributed by atoms with Gasteiger partial charge < -0.3 is 15.0 Å². The minimum Gasteiger partial charge on any atom is -0.493 e. The van der Waals surface area contributed by atoms with Gasteiger partial charge in [-0.05, 0) is 38.1 Å². The lowest BCUT2D eigenvalue weighted by molar-refractivity contribution is 0.357. The van der Waals surface area contributed by atoms with E-state index >= 15 is 0 Å². The Bertz CT molecular complexity index is 544. The third kappa shape index (κ3) is 1.71. The second-order valence-electron chi connectivity index (χ2n) is 4.77. The highest BCUT2D eigenvalue weighted by Crippen LogP contribution is 2.34. The number of likely N-dealkylation sites (N-methyl/N-ethyl adjacent to an activating group) is 1. The smallest absolute Gasteiger partial charge is 0.123 e. The number of benzene rings is 1. The summed E-state index contributed by atoms with van der Waals surface area (Å²) in [6.45, 7) is 3.03. The van der Waals surface area contributed by atoms with E-state index in [0.29, 0.717) is 6.04 Å². The number of aromatic amines is 1. The highest BCUT2D eigenvalue weighted by atomic mass is 16.5. The Morgan fingerprint density at radius 2 is 2.35 bits per heavy atom. The Labute approximate surface area is 101 Å². The van der Waals surface area contributed by atoms with Crippen LogP contribution in [0.5, 0.6) is 5.75 Å². The molecule has 0 aliphatic carbocycles. The molecule has 1 aliphatic rings. The first-order chi connectivity index (χ1) is 8.29. The van der Waals surface area contributed by atoms with Crippen LogP contribution >= 0.6 is 0 Å². The van der Waals surface area contributed by atoms with Gasteiger partial charge in [0.15, 0.2) is 0 Å². The molecule has 2 heterocycles. The van der Waals surface area contributed by atoms with Crippen LogP contribution in [-0.2, 0) is 12.8 Å². The number of nitrogens with one attached hydrogen (secondary N) is 2. The van der Waals surface area contributed by atoms with Gasteiger partial charge in [0.25, 0.3) is 0 Å². The van der Waals surface area contributed by atoms with Gasteiger partial charge in [0.2, 0.25) is 0 Å². The molecule has 3 nitrogen and oxygen atoms in total. The molecule has 3 rings (SSSR count). The summed E-state index contributed by atoms with van der Waals surface area (Å²) in [7, 11) is 2.01. The summed E-state index contributed by atoms with van der Waals surface area (Å²) in [6.07, 6.45) is 4.22. The fourth-order valence-electron chi connectivity index (χ4n) is 2.59. The topological polar surface area (TPSA) is 37.0 Å². The van der Waals surface area contributed by atoms with Crippen molar-refractivity contribution < 1.29 is 4.74 Å². The minimum absolute atomic E-state index is 0.493. The van der Waals surface area contributed by atoms with Crippen molar-refractivity contribution >= 4 is 10.9 Å². The minimum atomic E-state index is 0.493. The van der Waals surface area contributed by atoms with Gasteiger partial charge in [-0.2, -0.15) is 0 Å². The van der Waals surface area contributed by atoms with Gasteiger partial charge in [-0.3, -0.25) is 0 Å². The van der Waals surface area contributed by atoms with E-state index in [1.165, 1.54) is 22.0 Å². The third-order valence-corrected chi connectivity index (χ3v) is 3.62. The molecule has 0 amide bonds. The Hall–Kier alpha value is -1.48. The zero-order valence-electron chi connectivity index (χ0n) is 10.3. The van der Waals surface area contributed by atoms with E-state index in [2.05, 4.69) is 35.6 Å².